The number of esters is 2. The molecule has 33 heavy (non-hydrogen) atoms. The lowest BCUT2D eigenvalue weighted by Gasteiger charge is -2.27. The van der Waals surface area contributed by atoms with Gasteiger partial charge in [0.05, 0.1) is 13.2 Å². The highest BCUT2D eigenvalue weighted by molar-refractivity contribution is 5.91. The number of hydrogen-bond donors (Lipinski definition) is 1. The summed E-state index contributed by atoms with van der Waals surface area (Å²) in [7, 11) is 1.38. The molecule has 0 radical (unpaired) electrons. The summed E-state index contributed by atoms with van der Waals surface area (Å²) in [6, 6.07) is 0. The van der Waals surface area contributed by atoms with Gasteiger partial charge in [-0.05, 0) is 56.9 Å². The van der Waals surface area contributed by atoms with Crippen molar-refractivity contribution >= 4 is 17.7 Å². The lowest BCUT2D eigenvalue weighted by atomic mass is 9.78. The van der Waals surface area contributed by atoms with Crippen LogP contribution < -0.4 is 0 Å². The Morgan fingerprint density at radius 2 is 1.82 bits per heavy atom. The molecule has 0 aliphatic heterocycles. The first-order chi connectivity index (χ1) is 15.8. The summed E-state index contributed by atoms with van der Waals surface area (Å²) < 4.78 is 10.1. The van der Waals surface area contributed by atoms with E-state index in [1.54, 1.807) is 6.08 Å². The smallest absolute Gasteiger partial charge is 0.305 e. The molecule has 0 aromatic heterocycles. The molecule has 0 bridgehead atoms. The highest BCUT2D eigenvalue weighted by atomic mass is 16.5. The third-order valence-corrected chi connectivity index (χ3v) is 7.19. The van der Waals surface area contributed by atoms with Crippen molar-refractivity contribution in [2.24, 2.45) is 23.7 Å². The van der Waals surface area contributed by atoms with Gasteiger partial charge in [0.15, 0.2) is 5.78 Å². The monoisotopic (exact) mass is 462 g/mol. The molecule has 0 heterocycles. The van der Waals surface area contributed by atoms with E-state index < -0.39 is 6.10 Å². The van der Waals surface area contributed by atoms with Gasteiger partial charge in [0.25, 0.3) is 0 Å². The van der Waals surface area contributed by atoms with E-state index in [0.717, 1.165) is 38.0 Å². The largest absolute Gasteiger partial charge is 0.469 e. The number of aliphatic hydroxyl groups is 1. The van der Waals surface area contributed by atoms with Crippen molar-refractivity contribution in [3.63, 3.8) is 0 Å². The molecule has 0 spiro atoms. The fourth-order valence-electron chi connectivity index (χ4n) is 5.36. The van der Waals surface area contributed by atoms with Crippen molar-refractivity contribution in [3.05, 3.63) is 24.3 Å². The lowest BCUT2D eigenvalue weighted by molar-refractivity contribution is -0.148. The van der Waals surface area contributed by atoms with Crippen LogP contribution in [0.4, 0.5) is 0 Å². The zero-order chi connectivity index (χ0) is 24.2. The van der Waals surface area contributed by atoms with Crippen LogP contribution in [0.3, 0.4) is 0 Å². The van der Waals surface area contributed by atoms with Crippen LogP contribution in [0, 0.1) is 23.7 Å². The molecule has 2 saturated carbocycles. The zero-order valence-corrected chi connectivity index (χ0v) is 20.5. The van der Waals surface area contributed by atoms with Gasteiger partial charge in [-0.3, -0.25) is 14.4 Å². The van der Waals surface area contributed by atoms with E-state index >= 15 is 0 Å². The summed E-state index contributed by atoms with van der Waals surface area (Å²) in [6.45, 7) is 3.59. The number of hydrogen-bond acceptors (Lipinski definition) is 6. The molecule has 6 heteroatoms. The molecule has 2 aliphatic carbocycles. The Balaban J connectivity index is 1.94. The van der Waals surface area contributed by atoms with Crippen LogP contribution >= 0.6 is 0 Å². The Morgan fingerprint density at radius 1 is 1.09 bits per heavy atom. The summed E-state index contributed by atoms with van der Waals surface area (Å²) in [5.41, 5.74) is 0. The second kappa shape index (κ2) is 14.3. The fraction of sp³-hybridized carbons (Fsp3) is 0.741. The molecule has 186 valence electrons. The van der Waals surface area contributed by atoms with Gasteiger partial charge in [0, 0.05) is 37.5 Å². The topological polar surface area (TPSA) is 89.9 Å². The van der Waals surface area contributed by atoms with Gasteiger partial charge < -0.3 is 14.6 Å². The molecule has 6 nitrogen and oxygen atoms in total. The Kier molecular flexibility index (Phi) is 11.9. The van der Waals surface area contributed by atoms with E-state index in [9.17, 15) is 19.5 Å². The summed E-state index contributed by atoms with van der Waals surface area (Å²) >= 11 is 0. The number of carbonyl (C=O) groups is 3. The normalized spacial score (nSPS) is 30.1. The standard InChI is InChI=1S/C27H42O6/c1-4-9-20-12-14-21(15-13-20)24(29)17-16-22-23(26(18-25(22)30)33-19(2)28)10-7-5-6-8-11-27(31)32-3/h5,7,16-17,20-23,25-26,30H,4,6,8-15,18H2,1-3H3/b7-5-,17-16+/t20?,21?,22-,23-,25-,26+/m1/s1. The minimum absolute atomic E-state index is 0.0786. The van der Waals surface area contributed by atoms with Crippen LogP contribution in [0.15, 0.2) is 24.3 Å². The number of allylic oxidation sites excluding steroid dienone is 3. The van der Waals surface area contributed by atoms with Crippen molar-refractivity contribution in [3.8, 4) is 0 Å². The SMILES string of the molecule is CCCC1CCC(C(=O)/C=C/[C@@H]2[C@@H](C/C=C\CCCC(=O)OC)[C@@H](OC(C)=O)C[C@H]2O)CC1. The van der Waals surface area contributed by atoms with E-state index in [1.165, 1.54) is 26.9 Å². The summed E-state index contributed by atoms with van der Waals surface area (Å²) in [6.07, 6.45) is 16.0. The molecule has 2 rings (SSSR count). The number of rotatable bonds is 12. The molecule has 0 saturated heterocycles. The summed E-state index contributed by atoms with van der Waals surface area (Å²) in [5, 5.41) is 10.7. The molecule has 0 aromatic rings. The molecular weight excluding hydrogens is 420 g/mol. The number of methoxy groups -OCH3 is 1. The van der Waals surface area contributed by atoms with Gasteiger partial charge in [-0.15, -0.1) is 0 Å². The van der Waals surface area contributed by atoms with Gasteiger partial charge in [-0.25, -0.2) is 0 Å². The molecule has 2 aliphatic rings. The van der Waals surface area contributed by atoms with Crippen molar-refractivity contribution < 1.29 is 29.0 Å². The first kappa shape index (κ1) is 27.3. The third-order valence-electron chi connectivity index (χ3n) is 7.19. The summed E-state index contributed by atoms with van der Waals surface area (Å²) in [5.74, 6) is 0.123. The average Bonchev–Trinajstić information content (AvgIpc) is 3.08. The summed E-state index contributed by atoms with van der Waals surface area (Å²) in [4.78, 5) is 35.6. The van der Waals surface area contributed by atoms with E-state index in [1.807, 2.05) is 18.2 Å². The second-order valence-electron chi connectivity index (χ2n) is 9.64. The minimum atomic E-state index is -0.642. The van der Waals surface area contributed by atoms with Crippen LogP contribution in [0.1, 0.15) is 84.5 Å². The average molecular weight is 463 g/mol. The van der Waals surface area contributed by atoms with Gasteiger partial charge in [0.1, 0.15) is 6.10 Å². The number of carbonyl (C=O) groups excluding carboxylic acids is 3. The maximum Gasteiger partial charge on any atom is 0.305 e. The molecule has 4 atom stereocenters. The molecule has 0 unspecified atom stereocenters. The van der Waals surface area contributed by atoms with Crippen molar-refractivity contribution in [1.29, 1.82) is 0 Å². The first-order valence-corrected chi connectivity index (χ1v) is 12.6. The van der Waals surface area contributed by atoms with Crippen LogP contribution in [-0.4, -0.2) is 42.1 Å². The highest BCUT2D eigenvalue weighted by Gasteiger charge is 2.42. The van der Waals surface area contributed by atoms with Gasteiger partial charge in [-0.1, -0.05) is 38.0 Å². The molecular formula is C27H42O6. The first-order valence-electron chi connectivity index (χ1n) is 12.6. The van der Waals surface area contributed by atoms with E-state index in [2.05, 4.69) is 11.7 Å². The molecule has 0 aromatic carbocycles. The van der Waals surface area contributed by atoms with Crippen LogP contribution in [0.5, 0.6) is 0 Å². The maximum absolute atomic E-state index is 12.8. The minimum Gasteiger partial charge on any atom is -0.469 e. The van der Waals surface area contributed by atoms with Gasteiger partial charge in [0.2, 0.25) is 0 Å². The Labute approximate surface area is 198 Å². The van der Waals surface area contributed by atoms with Crippen molar-refractivity contribution in [2.45, 2.75) is 96.7 Å². The third kappa shape index (κ3) is 9.07. The Hall–Kier alpha value is -1.95. The van der Waals surface area contributed by atoms with Crippen LogP contribution in [-0.2, 0) is 23.9 Å². The van der Waals surface area contributed by atoms with E-state index in [0.29, 0.717) is 25.7 Å². The number of ether oxygens (including phenoxy) is 2. The van der Waals surface area contributed by atoms with E-state index in [-0.39, 0.29) is 41.6 Å². The maximum atomic E-state index is 12.8. The van der Waals surface area contributed by atoms with Crippen LogP contribution in [0.2, 0.25) is 0 Å². The Bertz CT molecular complexity index is 689. The lowest BCUT2D eigenvalue weighted by Crippen LogP contribution is -2.24. The molecule has 0 amide bonds. The van der Waals surface area contributed by atoms with Crippen molar-refractivity contribution in [1.82, 2.24) is 0 Å². The fourth-order valence-corrected chi connectivity index (χ4v) is 5.36. The second-order valence-corrected chi connectivity index (χ2v) is 9.64. The zero-order valence-electron chi connectivity index (χ0n) is 20.5. The predicted octanol–water partition coefficient (Wildman–Crippen LogP) is 4.94. The van der Waals surface area contributed by atoms with Gasteiger partial charge >= 0.3 is 11.9 Å². The number of aliphatic hydroxyl groups excluding tert-OH is 1. The number of ketones is 1. The van der Waals surface area contributed by atoms with Crippen LogP contribution in [0.25, 0.3) is 0 Å². The van der Waals surface area contributed by atoms with Gasteiger partial charge in [-0.2, -0.15) is 0 Å². The molecule has 1 N–H and O–H groups in total. The van der Waals surface area contributed by atoms with Crippen molar-refractivity contribution in [2.75, 3.05) is 7.11 Å². The predicted molar refractivity (Wildman–Crippen MR) is 127 cm³/mol. The number of unbranched alkanes of at least 4 members (excludes halogenated alkanes) is 1. The van der Waals surface area contributed by atoms with E-state index in [4.69, 9.17) is 4.74 Å². The molecule has 2 fully saturated rings. The highest BCUT2D eigenvalue weighted by Crippen LogP contribution is 2.39. The quantitative estimate of drug-likeness (QED) is 0.191. The Morgan fingerprint density at radius 3 is 2.45 bits per heavy atom.